The van der Waals surface area contributed by atoms with Crippen LogP contribution in [0.25, 0.3) is 0 Å². The average Bonchev–Trinajstić information content (AvgIpc) is 2.39. The van der Waals surface area contributed by atoms with Crippen LogP contribution in [-0.2, 0) is 10.0 Å². The van der Waals surface area contributed by atoms with Gasteiger partial charge in [-0.3, -0.25) is 14.5 Å². The first kappa shape index (κ1) is 14.1. The van der Waals surface area contributed by atoms with Crippen LogP contribution in [0.4, 0.5) is 11.4 Å². The number of aromatic amines is 1. The van der Waals surface area contributed by atoms with E-state index in [0.29, 0.717) is 11.4 Å². The van der Waals surface area contributed by atoms with Gasteiger partial charge in [0.15, 0.2) is 0 Å². The fraction of sp³-hybridized carbons (Fsp3) is 0.167. The summed E-state index contributed by atoms with van der Waals surface area (Å²) in [6, 6.07) is 4.10. The number of anilines is 2. The Kier molecular flexibility index (Phi) is 3.75. The molecular formula is C12H14N4O3S. The van der Waals surface area contributed by atoms with E-state index in [2.05, 4.69) is 14.7 Å². The molecule has 0 aliphatic rings. The number of rotatable bonds is 4. The molecule has 0 aliphatic carbocycles. The average molecular weight is 294 g/mol. The summed E-state index contributed by atoms with van der Waals surface area (Å²) in [7, 11) is -0.175. The van der Waals surface area contributed by atoms with Crippen molar-refractivity contribution in [2.24, 2.45) is 0 Å². The quantitative estimate of drug-likeness (QED) is 0.862. The van der Waals surface area contributed by atoms with Gasteiger partial charge in [-0.1, -0.05) is 0 Å². The number of nitrogens with zero attached hydrogens (tertiary/aromatic N) is 2. The molecule has 0 amide bonds. The zero-order valence-electron chi connectivity index (χ0n) is 11.0. The van der Waals surface area contributed by atoms with Gasteiger partial charge < -0.3 is 9.88 Å². The maximum Gasteiger partial charge on any atom is 0.263 e. The second kappa shape index (κ2) is 5.33. The number of hydrogen-bond donors (Lipinski definition) is 2. The SMILES string of the molecule is CN(C)c1ccncc1NS(=O)(=O)c1ccc(=O)[nH]c1. The molecule has 0 saturated carbocycles. The number of sulfonamides is 1. The zero-order chi connectivity index (χ0) is 14.8. The topological polar surface area (TPSA) is 95.2 Å². The molecule has 2 N–H and O–H groups in total. The van der Waals surface area contributed by atoms with Gasteiger partial charge in [0.1, 0.15) is 4.90 Å². The molecular weight excluding hydrogens is 280 g/mol. The summed E-state index contributed by atoms with van der Waals surface area (Å²) in [5.74, 6) is 0. The van der Waals surface area contributed by atoms with E-state index in [-0.39, 0.29) is 10.5 Å². The lowest BCUT2D eigenvalue weighted by Gasteiger charge is -2.17. The predicted octanol–water partition coefficient (Wildman–Crippen LogP) is 0.637. The molecule has 0 aromatic carbocycles. The first-order valence-corrected chi connectivity index (χ1v) is 7.21. The molecule has 0 unspecified atom stereocenters. The highest BCUT2D eigenvalue weighted by Crippen LogP contribution is 2.24. The molecule has 0 fully saturated rings. The van der Waals surface area contributed by atoms with Gasteiger partial charge in [-0.15, -0.1) is 0 Å². The number of nitrogens with one attached hydrogen (secondary N) is 2. The lowest BCUT2D eigenvalue weighted by Crippen LogP contribution is -2.18. The third-order valence-corrected chi connectivity index (χ3v) is 3.95. The lowest BCUT2D eigenvalue weighted by atomic mass is 10.3. The molecule has 106 valence electrons. The van der Waals surface area contributed by atoms with Crippen LogP contribution in [-0.4, -0.2) is 32.5 Å². The summed E-state index contributed by atoms with van der Waals surface area (Å²) < 4.78 is 26.9. The van der Waals surface area contributed by atoms with Gasteiger partial charge in [0.25, 0.3) is 10.0 Å². The van der Waals surface area contributed by atoms with Crippen LogP contribution in [0.3, 0.4) is 0 Å². The molecule has 2 rings (SSSR count). The molecule has 20 heavy (non-hydrogen) atoms. The Bertz CT molecular complexity index is 748. The first-order chi connectivity index (χ1) is 9.40. The second-order valence-corrected chi connectivity index (χ2v) is 5.96. The smallest absolute Gasteiger partial charge is 0.263 e. The molecule has 0 aliphatic heterocycles. The third kappa shape index (κ3) is 2.97. The first-order valence-electron chi connectivity index (χ1n) is 5.73. The van der Waals surface area contributed by atoms with Gasteiger partial charge in [-0.2, -0.15) is 0 Å². The predicted molar refractivity (Wildman–Crippen MR) is 76.4 cm³/mol. The van der Waals surface area contributed by atoms with Crippen molar-refractivity contribution in [2.75, 3.05) is 23.7 Å². The van der Waals surface area contributed by atoms with E-state index < -0.39 is 10.0 Å². The number of hydrogen-bond acceptors (Lipinski definition) is 5. The maximum atomic E-state index is 12.2. The summed E-state index contributed by atoms with van der Waals surface area (Å²) in [5, 5.41) is 0. The molecule has 0 bridgehead atoms. The van der Waals surface area contributed by atoms with Crippen LogP contribution in [0.2, 0.25) is 0 Å². The van der Waals surface area contributed by atoms with Crippen molar-refractivity contribution in [3.05, 3.63) is 47.1 Å². The Labute approximate surface area is 116 Å². The number of H-pyrrole nitrogens is 1. The second-order valence-electron chi connectivity index (χ2n) is 4.28. The summed E-state index contributed by atoms with van der Waals surface area (Å²) in [6.07, 6.45) is 4.15. The largest absolute Gasteiger partial charge is 0.376 e. The molecule has 8 heteroatoms. The lowest BCUT2D eigenvalue weighted by molar-refractivity contribution is 0.600. The van der Waals surface area contributed by atoms with E-state index in [4.69, 9.17) is 0 Å². The fourth-order valence-corrected chi connectivity index (χ4v) is 2.65. The van der Waals surface area contributed by atoms with Crippen LogP contribution < -0.4 is 15.2 Å². The minimum Gasteiger partial charge on any atom is -0.376 e. The highest BCUT2D eigenvalue weighted by Gasteiger charge is 2.16. The molecule has 0 radical (unpaired) electrons. The van der Waals surface area contributed by atoms with Crippen molar-refractivity contribution in [3.63, 3.8) is 0 Å². The summed E-state index contributed by atoms with van der Waals surface area (Å²) in [5.41, 5.74) is 0.691. The Morgan fingerprint density at radius 3 is 2.60 bits per heavy atom. The molecule has 0 saturated heterocycles. The highest BCUT2D eigenvalue weighted by molar-refractivity contribution is 7.92. The highest BCUT2D eigenvalue weighted by atomic mass is 32.2. The Balaban J connectivity index is 2.38. The minimum atomic E-state index is -3.77. The Morgan fingerprint density at radius 2 is 2.00 bits per heavy atom. The van der Waals surface area contributed by atoms with Crippen LogP contribution in [0, 0.1) is 0 Å². The van der Waals surface area contributed by atoms with Crippen molar-refractivity contribution in [2.45, 2.75) is 4.90 Å². The molecule has 0 atom stereocenters. The normalized spacial score (nSPS) is 11.1. The maximum absolute atomic E-state index is 12.2. The summed E-state index contributed by atoms with van der Waals surface area (Å²) in [4.78, 5) is 18.9. The summed E-state index contributed by atoms with van der Waals surface area (Å²) in [6.45, 7) is 0. The monoisotopic (exact) mass is 294 g/mol. The van der Waals surface area contributed by atoms with E-state index >= 15 is 0 Å². The molecule has 2 aromatic heterocycles. The third-order valence-electron chi connectivity index (χ3n) is 2.59. The van der Waals surface area contributed by atoms with Gasteiger partial charge >= 0.3 is 0 Å². The van der Waals surface area contributed by atoms with Crippen molar-refractivity contribution in [3.8, 4) is 0 Å². The van der Waals surface area contributed by atoms with Crippen LogP contribution in [0.5, 0.6) is 0 Å². The van der Waals surface area contributed by atoms with E-state index in [1.54, 1.807) is 31.3 Å². The minimum absolute atomic E-state index is 0.0225. The van der Waals surface area contributed by atoms with Crippen molar-refractivity contribution >= 4 is 21.4 Å². The Morgan fingerprint density at radius 1 is 1.25 bits per heavy atom. The van der Waals surface area contributed by atoms with Crippen LogP contribution in [0.15, 0.2) is 46.5 Å². The van der Waals surface area contributed by atoms with Gasteiger partial charge in [0, 0.05) is 32.6 Å². The molecule has 2 heterocycles. The van der Waals surface area contributed by atoms with E-state index in [1.807, 2.05) is 0 Å². The Hall–Kier alpha value is -2.35. The standard InChI is InChI=1S/C12H14N4O3S/c1-16(2)11-5-6-13-8-10(11)15-20(18,19)9-3-4-12(17)14-7-9/h3-8,15H,1-2H3,(H,14,17). The van der Waals surface area contributed by atoms with Gasteiger partial charge in [-0.25, -0.2) is 8.42 Å². The molecule has 7 nitrogen and oxygen atoms in total. The summed E-state index contributed by atoms with van der Waals surface area (Å²) >= 11 is 0. The zero-order valence-corrected chi connectivity index (χ0v) is 11.8. The van der Waals surface area contributed by atoms with Gasteiger partial charge in [-0.05, 0) is 12.1 Å². The molecule has 0 spiro atoms. The number of pyridine rings is 2. The fourth-order valence-electron chi connectivity index (χ4n) is 1.62. The van der Waals surface area contributed by atoms with Crippen LogP contribution >= 0.6 is 0 Å². The van der Waals surface area contributed by atoms with E-state index in [9.17, 15) is 13.2 Å². The van der Waals surface area contributed by atoms with Gasteiger partial charge in [0.05, 0.1) is 17.6 Å². The van der Waals surface area contributed by atoms with Gasteiger partial charge in [0.2, 0.25) is 5.56 Å². The van der Waals surface area contributed by atoms with Crippen molar-refractivity contribution in [1.29, 1.82) is 0 Å². The van der Waals surface area contributed by atoms with E-state index in [0.717, 1.165) is 12.3 Å². The van der Waals surface area contributed by atoms with Crippen molar-refractivity contribution in [1.82, 2.24) is 9.97 Å². The molecule has 2 aromatic rings. The number of aromatic nitrogens is 2. The van der Waals surface area contributed by atoms with E-state index in [1.165, 1.54) is 12.3 Å². The van der Waals surface area contributed by atoms with Crippen LogP contribution in [0.1, 0.15) is 0 Å². The van der Waals surface area contributed by atoms with Crippen molar-refractivity contribution < 1.29 is 8.42 Å².